The lowest BCUT2D eigenvalue weighted by molar-refractivity contribution is 0.305. The van der Waals surface area contributed by atoms with Gasteiger partial charge in [-0.05, 0) is 24.7 Å². The lowest BCUT2D eigenvalue weighted by Crippen LogP contribution is -2.17. The maximum Gasteiger partial charge on any atom is 0.00879 e. The number of rotatable bonds is 7. The van der Waals surface area contributed by atoms with Crippen molar-refractivity contribution in [2.24, 2.45) is 5.41 Å². The van der Waals surface area contributed by atoms with Crippen LogP contribution in [0.3, 0.4) is 0 Å². The molecule has 1 saturated carbocycles. The fraction of sp³-hybridized carbons (Fsp3) is 1.00. The van der Waals surface area contributed by atoms with E-state index in [0.29, 0.717) is 5.41 Å². The molecule has 1 aliphatic rings. The maximum absolute atomic E-state index is 3.72. The zero-order valence-electron chi connectivity index (χ0n) is 9.66. The first kappa shape index (κ1) is 12.5. The molecule has 0 spiro atoms. The zero-order valence-corrected chi connectivity index (χ0v) is 11.2. The molecule has 0 nitrogen and oxygen atoms in total. The number of unbranched alkanes of at least 4 members (excludes halogenated alkanes) is 4. The Morgan fingerprint density at radius 2 is 1.64 bits per heavy atom. The summed E-state index contributed by atoms with van der Waals surface area (Å²) in [6.07, 6.45) is 14.6. The van der Waals surface area contributed by atoms with Gasteiger partial charge in [0.2, 0.25) is 0 Å². The second-order valence-corrected chi connectivity index (χ2v) is 5.57. The van der Waals surface area contributed by atoms with E-state index in [0.717, 1.165) is 0 Å². The van der Waals surface area contributed by atoms with Crippen LogP contribution < -0.4 is 0 Å². The predicted octanol–water partition coefficient (Wildman–Crippen LogP) is 5.30. The Kier molecular flexibility index (Phi) is 6.16. The first-order valence-corrected chi connectivity index (χ1v) is 7.51. The number of alkyl halides is 1. The van der Waals surface area contributed by atoms with Gasteiger partial charge in [0, 0.05) is 5.33 Å². The predicted molar refractivity (Wildman–Crippen MR) is 68.1 cm³/mol. The average molecular weight is 261 g/mol. The van der Waals surface area contributed by atoms with Crippen LogP contribution in [-0.4, -0.2) is 5.33 Å². The summed E-state index contributed by atoms with van der Waals surface area (Å²) in [7, 11) is 0. The molecular weight excluding hydrogens is 236 g/mol. The Bertz CT molecular complexity index is 136. The summed E-state index contributed by atoms with van der Waals surface area (Å²) in [4.78, 5) is 0. The second-order valence-electron chi connectivity index (χ2n) is 5.00. The third kappa shape index (κ3) is 3.92. The zero-order chi connectivity index (χ0) is 10.3. The van der Waals surface area contributed by atoms with E-state index in [1.165, 1.54) is 69.5 Å². The summed E-state index contributed by atoms with van der Waals surface area (Å²) in [6.45, 7) is 2.29. The molecule has 0 aromatic carbocycles. The summed E-state index contributed by atoms with van der Waals surface area (Å²) < 4.78 is 0. The topological polar surface area (TPSA) is 0 Å². The largest absolute Gasteiger partial charge is 0.0922 e. The minimum absolute atomic E-state index is 0.701. The van der Waals surface area contributed by atoms with Crippen molar-refractivity contribution in [3.63, 3.8) is 0 Å². The van der Waals surface area contributed by atoms with Gasteiger partial charge >= 0.3 is 0 Å². The molecule has 0 aromatic rings. The first-order chi connectivity index (χ1) is 6.83. The third-order valence-electron chi connectivity index (χ3n) is 3.76. The normalized spacial score (nSPS) is 20.1. The standard InChI is InChI=1S/C13H25Br/c1-2-3-4-5-6-9-13(12-14)10-7-8-11-13/h2-12H2,1H3. The van der Waals surface area contributed by atoms with Crippen LogP contribution in [0.4, 0.5) is 0 Å². The molecule has 0 aliphatic heterocycles. The van der Waals surface area contributed by atoms with E-state index in [2.05, 4.69) is 22.9 Å². The summed E-state index contributed by atoms with van der Waals surface area (Å²) in [5.41, 5.74) is 0.701. The fourth-order valence-corrected chi connectivity index (χ4v) is 3.52. The second kappa shape index (κ2) is 6.87. The molecule has 1 rings (SSSR count). The molecule has 1 heteroatoms. The Labute approximate surface area is 98.0 Å². The molecule has 0 unspecified atom stereocenters. The van der Waals surface area contributed by atoms with E-state index in [9.17, 15) is 0 Å². The lowest BCUT2D eigenvalue weighted by atomic mass is 9.83. The highest BCUT2D eigenvalue weighted by atomic mass is 79.9. The van der Waals surface area contributed by atoms with E-state index >= 15 is 0 Å². The quantitative estimate of drug-likeness (QED) is 0.431. The van der Waals surface area contributed by atoms with Gasteiger partial charge in [-0.25, -0.2) is 0 Å². The molecule has 0 aromatic heterocycles. The van der Waals surface area contributed by atoms with E-state index in [1.807, 2.05) is 0 Å². The van der Waals surface area contributed by atoms with Crippen molar-refractivity contribution in [1.82, 2.24) is 0 Å². The Hall–Kier alpha value is 0.480. The van der Waals surface area contributed by atoms with Crippen LogP contribution in [0.5, 0.6) is 0 Å². The van der Waals surface area contributed by atoms with Crippen molar-refractivity contribution >= 4 is 15.9 Å². The van der Waals surface area contributed by atoms with Crippen molar-refractivity contribution in [1.29, 1.82) is 0 Å². The van der Waals surface area contributed by atoms with Crippen LogP contribution in [0.1, 0.15) is 71.1 Å². The van der Waals surface area contributed by atoms with Crippen molar-refractivity contribution in [3.05, 3.63) is 0 Å². The van der Waals surface area contributed by atoms with Gasteiger partial charge in [-0.3, -0.25) is 0 Å². The number of hydrogen-bond acceptors (Lipinski definition) is 0. The van der Waals surface area contributed by atoms with Crippen LogP contribution in [0, 0.1) is 5.41 Å². The summed E-state index contributed by atoms with van der Waals surface area (Å²) in [5, 5.41) is 1.24. The molecule has 0 heterocycles. The molecule has 0 saturated heterocycles. The molecule has 0 radical (unpaired) electrons. The molecule has 14 heavy (non-hydrogen) atoms. The van der Waals surface area contributed by atoms with E-state index < -0.39 is 0 Å². The maximum atomic E-state index is 3.72. The fourth-order valence-electron chi connectivity index (χ4n) is 2.68. The third-order valence-corrected chi connectivity index (χ3v) is 4.95. The summed E-state index contributed by atoms with van der Waals surface area (Å²) >= 11 is 3.72. The molecule has 84 valence electrons. The molecule has 0 amide bonds. The van der Waals surface area contributed by atoms with E-state index in [1.54, 1.807) is 0 Å². The van der Waals surface area contributed by atoms with E-state index in [4.69, 9.17) is 0 Å². The van der Waals surface area contributed by atoms with Crippen molar-refractivity contribution < 1.29 is 0 Å². The molecule has 0 N–H and O–H groups in total. The van der Waals surface area contributed by atoms with Crippen molar-refractivity contribution in [3.8, 4) is 0 Å². The average Bonchev–Trinajstić information content (AvgIpc) is 2.67. The van der Waals surface area contributed by atoms with E-state index in [-0.39, 0.29) is 0 Å². The molecule has 1 aliphatic carbocycles. The highest BCUT2D eigenvalue weighted by molar-refractivity contribution is 9.09. The van der Waals surface area contributed by atoms with Crippen LogP contribution in [-0.2, 0) is 0 Å². The SMILES string of the molecule is CCCCCCCC1(CBr)CCCC1. The van der Waals surface area contributed by atoms with Gasteiger partial charge in [0.1, 0.15) is 0 Å². The van der Waals surface area contributed by atoms with Crippen LogP contribution in [0.15, 0.2) is 0 Å². The number of halogens is 1. The molecular formula is C13H25Br. The van der Waals surface area contributed by atoms with Gasteiger partial charge in [-0.15, -0.1) is 0 Å². The van der Waals surface area contributed by atoms with Crippen molar-refractivity contribution in [2.75, 3.05) is 5.33 Å². The van der Waals surface area contributed by atoms with Crippen molar-refractivity contribution in [2.45, 2.75) is 71.1 Å². The minimum atomic E-state index is 0.701. The summed E-state index contributed by atoms with van der Waals surface area (Å²) in [5.74, 6) is 0. The Morgan fingerprint density at radius 3 is 2.21 bits per heavy atom. The highest BCUT2D eigenvalue weighted by Gasteiger charge is 2.31. The molecule has 0 atom stereocenters. The van der Waals surface area contributed by atoms with Crippen LogP contribution >= 0.6 is 15.9 Å². The van der Waals surface area contributed by atoms with Crippen LogP contribution in [0.2, 0.25) is 0 Å². The lowest BCUT2D eigenvalue weighted by Gasteiger charge is -2.26. The van der Waals surface area contributed by atoms with Gasteiger partial charge < -0.3 is 0 Å². The van der Waals surface area contributed by atoms with Gasteiger partial charge in [0.15, 0.2) is 0 Å². The molecule has 1 fully saturated rings. The molecule has 0 bridgehead atoms. The number of hydrogen-bond donors (Lipinski definition) is 0. The van der Waals surface area contributed by atoms with Gasteiger partial charge in [0.05, 0.1) is 0 Å². The van der Waals surface area contributed by atoms with Crippen LogP contribution in [0.25, 0.3) is 0 Å². The monoisotopic (exact) mass is 260 g/mol. The minimum Gasteiger partial charge on any atom is -0.0922 e. The Balaban J connectivity index is 2.08. The highest BCUT2D eigenvalue weighted by Crippen LogP contribution is 2.43. The van der Waals surface area contributed by atoms with Gasteiger partial charge in [-0.1, -0.05) is 67.8 Å². The summed E-state index contributed by atoms with van der Waals surface area (Å²) in [6, 6.07) is 0. The van der Waals surface area contributed by atoms with Gasteiger partial charge in [-0.2, -0.15) is 0 Å². The Morgan fingerprint density at radius 1 is 1.00 bits per heavy atom. The first-order valence-electron chi connectivity index (χ1n) is 6.39. The smallest absolute Gasteiger partial charge is 0.00879 e. The van der Waals surface area contributed by atoms with Gasteiger partial charge in [0.25, 0.3) is 0 Å².